The van der Waals surface area contributed by atoms with E-state index in [1.54, 1.807) is 0 Å². The molecule has 164 valence electrons. The average molecular weight is 397 g/mol. The summed E-state index contributed by atoms with van der Waals surface area (Å²) in [7, 11) is 0. The zero-order valence-corrected chi connectivity index (χ0v) is 18.8. The molecule has 0 radical (unpaired) electrons. The van der Waals surface area contributed by atoms with E-state index in [1.807, 2.05) is 13.8 Å². The minimum Gasteiger partial charge on any atom is -0.481 e. The smallest absolute Gasteiger partial charge is 0.310 e. The first-order valence-corrected chi connectivity index (χ1v) is 11.7. The molecule has 1 N–H and O–H groups in total. The Morgan fingerprint density at radius 2 is 1.39 bits per heavy atom. The fourth-order valence-electron chi connectivity index (χ4n) is 4.27. The van der Waals surface area contributed by atoms with Crippen molar-refractivity contribution in [1.29, 1.82) is 0 Å². The van der Waals surface area contributed by atoms with Crippen molar-refractivity contribution in [3.05, 3.63) is 0 Å². The molecular formula is C24H44O4. The molecule has 0 saturated heterocycles. The number of carboxylic acids is 1. The van der Waals surface area contributed by atoms with Gasteiger partial charge in [0.05, 0.1) is 11.8 Å². The van der Waals surface area contributed by atoms with Crippen molar-refractivity contribution in [3.8, 4) is 0 Å². The lowest BCUT2D eigenvalue weighted by Crippen LogP contribution is -2.38. The normalized spacial score (nSPS) is 20.3. The second-order valence-electron chi connectivity index (χ2n) is 9.78. The molecule has 4 nitrogen and oxygen atoms in total. The number of carbonyl (C=O) groups excluding carboxylic acids is 1. The van der Waals surface area contributed by atoms with Crippen LogP contribution in [-0.2, 0) is 14.3 Å². The summed E-state index contributed by atoms with van der Waals surface area (Å²) < 4.78 is 5.75. The average Bonchev–Trinajstić information content (AvgIpc) is 2.62. The Morgan fingerprint density at radius 3 is 1.93 bits per heavy atom. The largest absolute Gasteiger partial charge is 0.481 e. The Labute approximate surface area is 172 Å². The molecule has 0 aromatic heterocycles. The zero-order valence-electron chi connectivity index (χ0n) is 18.8. The van der Waals surface area contributed by atoms with Crippen molar-refractivity contribution in [3.63, 3.8) is 0 Å². The lowest BCUT2D eigenvalue weighted by atomic mass is 9.79. The summed E-state index contributed by atoms with van der Waals surface area (Å²) in [6.45, 7) is 8.49. The highest BCUT2D eigenvalue weighted by molar-refractivity contribution is 5.81. The van der Waals surface area contributed by atoms with Crippen molar-refractivity contribution >= 4 is 11.9 Å². The van der Waals surface area contributed by atoms with Gasteiger partial charge in [-0.1, -0.05) is 78.1 Å². The summed E-state index contributed by atoms with van der Waals surface area (Å²) >= 11 is 0. The number of carboxylic acid groups (broad SMARTS) is 1. The molecule has 1 rings (SSSR count). The Hall–Kier alpha value is -1.06. The molecule has 0 spiro atoms. The molecule has 2 atom stereocenters. The third kappa shape index (κ3) is 10.5. The number of ether oxygens (including phenoxy) is 1. The Kier molecular flexibility index (Phi) is 11.8. The van der Waals surface area contributed by atoms with E-state index in [4.69, 9.17) is 4.74 Å². The van der Waals surface area contributed by atoms with Crippen LogP contribution in [0.3, 0.4) is 0 Å². The van der Waals surface area contributed by atoms with Crippen LogP contribution in [0.4, 0.5) is 0 Å². The predicted molar refractivity (Wildman–Crippen MR) is 114 cm³/mol. The highest BCUT2D eigenvalue weighted by atomic mass is 16.6. The van der Waals surface area contributed by atoms with Crippen molar-refractivity contribution in [1.82, 2.24) is 0 Å². The third-order valence-corrected chi connectivity index (χ3v) is 6.07. The molecule has 0 amide bonds. The fraction of sp³-hybridized carbons (Fsp3) is 0.917. The van der Waals surface area contributed by atoms with Gasteiger partial charge >= 0.3 is 11.9 Å². The van der Waals surface area contributed by atoms with Crippen molar-refractivity contribution in [2.45, 2.75) is 123 Å². The molecule has 1 fully saturated rings. The third-order valence-electron chi connectivity index (χ3n) is 6.07. The van der Waals surface area contributed by atoms with E-state index in [0.29, 0.717) is 12.8 Å². The van der Waals surface area contributed by atoms with Gasteiger partial charge in [0, 0.05) is 0 Å². The van der Waals surface area contributed by atoms with Crippen molar-refractivity contribution in [2.24, 2.45) is 17.8 Å². The second-order valence-corrected chi connectivity index (χ2v) is 9.78. The standard InChI is InChI=1S/C24H44O4/c1-19(2)15-11-9-7-5-6-8-10-14-18-24(3,4)28-23(27)21-17-13-12-16-20(21)22(25)26/h19-21H,5-18H2,1-4H3,(H,25,26). The first-order valence-electron chi connectivity index (χ1n) is 11.7. The summed E-state index contributed by atoms with van der Waals surface area (Å²) in [5.74, 6) is -1.38. The van der Waals surface area contributed by atoms with Gasteiger partial charge in [0.2, 0.25) is 0 Å². The molecule has 0 aliphatic heterocycles. The number of hydrogen-bond acceptors (Lipinski definition) is 3. The van der Waals surface area contributed by atoms with Gasteiger partial charge in [-0.25, -0.2) is 0 Å². The Bertz CT molecular complexity index is 456. The number of esters is 1. The van der Waals surface area contributed by atoms with Gasteiger partial charge in [0.1, 0.15) is 5.60 Å². The molecule has 1 aliphatic carbocycles. The fourth-order valence-corrected chi connectivity index (χ4v) is 4.27. The molecular weight excluding hydrogens is 352 g/mol. The topological polar surface area (TPSA) is 63.6 Å². The van der Waals surface area contributed by atoms with E-state index >= 15 is 0 Å². The summed E-state index contributed by atoms with van der Waals surface area (Å²) in [4.78, 5) is 24.0. The van der Waals surface area contributed by atoms with Gasteiger partial charge in [-0.15, -0.1) is 0 Å². The molecule has 4 heteroatoms. The number of carbonyl (C=O) groups is 2. The quantitative estimate of drug-likeness (QED) is 0.260. The number of aliphatic carboxylic acids is 1. The summed E-state index contributed by atoms with van der Waals surface area (Å²) in [5, 5.41) is 9.36. The van der Waals surface area contributed by atoms with E-state index in [1.165, 1.54) is 51.4 Å². The lowest BCUT2D eigenvalue weighted by molar-refractivity contribution is -0.170. The molecule has 0 bridgehead atoms. The van der Waals surface area contributed by atoms with E-state index in [0.717, 1.165) is 31.6 Å². The minimum absolute atomic E-state index is 0.307. The van der Waals surface area contributed by atoms with Gasteiger partial charge < -0.3 is 9.84 Å². The van der Waals surface area contributed by atoms with Crippen LogP contribution in [0.2, 0.25) is 0 Å². The Balaban J connectivity index is 2.16. The molecule has 0 aromatic rings. The van der Waals surface area contributed by atoms with Crippen molar-refractivity contribution in [2.75, 3.05) is 0 Å². The molecule has 0 heterocycles. The maximum Gasteiger partial charge on any atom is 0.310 e. The van der Waals surface area contributed by atoms with Crippen LogP contribution >= 0.6 is 0 Å². The maximum absolute atomic E-state index is 12.5. The van der Waals surface area contributed by atoms with Gasteiger partial charge in [-0.2, -0.15) is 0 Å². The zero-order chi connectivity index (χ0) is 21.0. The maximum atomic E-state index is 12.5. The number of hydrogen-bond donors (Lipinski definition) is 1. The monoisotopic (exact) mass is 396 g/mol. The van der Waals surface area contributed by atoms with Crippen LogP contribution in [0.15, 0.2) is 0 Å². The second kappa shape index (κ2) is 13.2. The van der Waals surface area contributed by atoms with Crippen molar-refractivity contribution < 1.29 is 19.4 Å². The number of rotatable bonds is 14. The van der Waals surface area contributed by atoms with Gasteiger partial charge in [0.15, 0.2) is 0 Å². The lowest BCUT2D eigenvalue weighted by Gasteiger charge is -2.32. The van der Waals surface area contributed by atoms with Crippen LogP contribution in [-0.4, -0.2) is 22.6 Å². The van der Waals surface area contributed by atoms with E-state index in [-0.39, 0.29) is 5.97 Å². The van der Waals surface area contributed by atoms with E-state index in [2.05, 4.69) is 13.8 Å². The molecule has 28 heavy (non-hydrogen) atoms. The van der Waals surface area contributed by atoms with Crippen LogP contribution < -0.4 is 0 Å². The highest BCUT2D eigenvalue weighted by Gasteiger charge is 2.38. The molecule has 0 aromatic carbocycles. The summed E-state index contributed by atoms with van der Waals surface area (Å²) in [5.41, 5.74) is -0.506. The van der Waals surface area contributed by atoms with Crippen LogP contribution in [0.1, 0.15) is 118 Å². The van der Waals surface area contributed by atoms with Gasteiger partial charge in [0.25, 0.3) is 0 Å². The summed E-state index contributed by atoms with van der Waals surface area (Å²) in [6.07, 6.45) is 15.4. The number of unbranched alkanes of at least 4 members (excludes halogenated alkanes) is 7. The SMILES string of the molecule is CC(C)CCCCCCCCCCC(C)(C)OC(=O)C1CCCCC1C(=O)O. The minimum atomic E-state index is -0.858. The molecule has 1 aliphatic rings. The highest BCUT2D eigenvalue weighted by Crippen LogP contribution is 2.33. The Morgan fingerprint density at radius 1 is 0.893 bits per heavy atom. The predicted octanol–water partition coefficient (Wildman–Crippen LogP) is 6.76. The van der Waals surface area contributed by atoms with Crippen LogP contribution in [0.5, 0.6) is 0 Å². The van der Waals surface area contributed by atoms with Crippen LogP contribution in [0, 0.1) is 17.8 Å². The van der Waals surface area contributed by atoms with Gasteiger partial charge in [-0.05, 0) is 45.4 Å². The molecule has 1 saturated carbocycles. The van der Waals surface area contributed by atoms with E-state index in [9.17, 15) is 14.7 Å². The first kappa shape index (κ1) is 25.0. The summed E-state index contributed by atoms with van der Waals surface area (Å²) in [6, 6.07) is 0. The van der Waals surface area contributed by atoms with Gasteiger partial charge in [-0.3, -0.25) is 9.59 Å². The van der Waals surface area contributed by atoms with E-state index < -0.39 is 23.4 Å². The molecule has 2 unspecified atom stereocenters. The van der Waals surface area contributed by atoms with Crippen LogP contribution in [0.25, 0.3) is 0 Å². The first-order chi connectivity index (χ1) is 13.2.